The number of rotatable bonds is 7. The van der Waals surface area contributed by atoms with Crippen LogP contribution in [0.3, 0.4) is 0 Å². The maximum absolute atomic E-state index is 12.7. The quantitative estimate of drug-likeness (QED) is 0.570. The fourth-order valence-corrected chi connectivity index (χ4v) is 4.71. The van der Waals surface area contributed by atoms with Crippen molar-refractivity contribution < 1.29 is 14.7 Å². The van der Waals surface area contributed by atoms with Gasteiger partial charge in [0.2, 0.25) is 5.78 Å². The molecule has 174 valence electrons. The van der Waals surface area contributed by atoms with Crippen molar-refractivity contribution in [3.05, 3.63) is 69.7 Å². The Labute approximate surface area is 204 Å². The van der Waals surface area contributed by atoms with Crippen molar-refractivity contribution in [2.24, 2.45) is 5.41 Å². The van der Waals surface area contributed by atoms with E-state index in [1.54, 1.807) is 42.5 Å². The van der Waals surface area contributed by atoms with Crippen LogP contribution < -0.4 is 5.32 Å². The third-order valence-electron chi connectivity index (χ3n) is 6.33. The molecule has 1 aliphatic heterocycles. The zero-order chi connectivity index (χ0) is 24.2. The van der Waals surface area contributed by atoms with Crippen molar-refractivity contribution in [3.63, 3.8) is 0 Å². The van der Waals surface area contributed by atoms with Gasteiger partial charge in [-0.3, -0.25) is 9.59 Å². The van der Waals surface area contributed by atoms with Crippen molar-refractivity contribution in [1.29, 1.82) is 5.26 Å². The van der Waals surface area contributed by atoms with E-state index in [2.05, 4.69) is 10.2 Å². The lowest BCUT2D eigenvalue weighted by Crippen LogP contribution is -2.57. The van der Waals surface area contributed by atoms with Gasteiger partial charge in [0, 0.05) is 53.1 Å². The van der Waals surface area contributed by atoms with Crippen LogP contribution in [-0.4, -0.2) is 47.4 Å². The fraction of sp³-hybridized carbons (Fsp3) is 0.400. The van der Waals surface area contributed by atoms with Gasteiger partial charge in [-0.2, -0.15) is 5.26 Å². The van der Waals surface area contributed by atoms with Gasteiger partial charge in [0.1, 0.15) is 6.07 Å². The van der Waals surface area contributed by atoms with E-state index in [-0.39, 0.29) is 12.3 Å². The molecule has 0 spiro atoms. The fourth-order valence-electron chi connectivity index (χ4n) is 4.46. The second-order valence-electron chi connectivity index (χ2n) is 9.15. The predicted octanol–water partition coefficient (Wildman–Crippen LogP) is 4.19. The van der Waals surface area contributed by atoms with Crippen molar-refractivity contribution in [3.8, 4) is 6.07 Å². The molecule has 3 rings (SSSR count). The molecule has 33 heavy (non-hydrogen) atoms. The molecule has 8 heteroatoms. The molecular formula is C25H27Cl2N3O3. The van der Waals surface area contributed by atoms with Crippen LogP contribution in [-0.2, 0) is 10.4 Å². The third-order valence-corrected chi connectivity index (χ3v) is 6.83. The molecule has 0 radical (unpaired) electrons. The molecule has 1 aliphatic rings. The van der Waals surface area contributed by atoms with Crippen LogP contribution in [0, 0.1) is 16.7 Å². The van der Waals surface area contributed by atoms with E-state index in [1.807, 2.05) is 26.0 Å². The summed E-state index contributed by atoms with van der Waals surface area (Å²) in [5.41, 5.74) is -0.324. The zero-order valence-electron chi connectivity index (χ0n) is 18.6. The van der Waals surface area contributed by atoms with Crippen LogP contribution in [0.2, 0.25) is 10.0 Å². The molecule has 1 saturated heterocycles. The predicted molar refractivity (Wildman–Crippen MR) is 128 cm³/mol. The first-order chi connectivity index (χ1) is 15.5. The molecule has 2 aromatic rings. The number of benzene rings is 2. The minimum Gasteiger partial charge on any atom is -0.385 e. The molecule has 1 amide bonds. The number of piperidine rings is 1. The summed E-state index contributed by atoms with van der Waals surface area (Å²) in [5, 5.41) is 24.6. The summed E-state index contributed by atoms with van der Waals surface area (Å²) in [5.74, 6) is -0.929. The summed E-state index contributed by atoms with van der Waals surface area (Å²) in [6.45, 7) is 5.48. The van der Waals surface area contributed by atoms with Gasteiger partial charge in [0.15, 0.2) is 0 Å². The van der Waals surface area contributed by atoms with Gasteiger partial charge < -0.3 is 15.3 Å². The molecule has 2 aromatic carbocycles. The first-order valence-electron chi connectivity index (χ1n) is 10.7. The Kier molecular flexibility index (Phi) is 7.81. The number of halogens is 2. The van der Waals surface area contributed by atoms with Gasteiger partial charge in [0.25, 0.3) is 5.91 Å². The number of nitrogens with zero attached hydrogens (tertiary/aromatic N) is 2. The van der Waals surface area contributed by atoms with E-state index in [0.29, 0.717) is 41.7 Å². The number of hydrogen-bond donors (Lipinski definition) is 2. The Morgan fingerprint density at radius 3 is 2.24 bits per heavy atom. The molecule has 0 saturated carbocycles. The standard InChI is InChI=1S/C25H27Cl2N3O3/c1-24(2)16-30(12-11-25(24,33)18-5-9-20(27)10-6-18)15-21(13-22(31)14-28)29-23(32)17-3-7-19(26)8-4-17/h3-10,21,33H,11-13,15-16H2,1-2H3,(H,29,32). The molecule has 0 aromatic heterocycles. The van der Waals surface area contributed by atoms with Crippen molar-refractivity contribution in [2.75, 3.05) is 19.6 Å². The average molecular weight is 488 g/mol. The van der Waals surface area contributed by atoms with Crippen molar-refractivity contribution >= 4 is 34.9 Å². The lowest BCUT2D eigenvalue weighted by molar-refractivity contribution is -0.127. The number of amides is 1. The topological polar surface area (TPSA) is 93.4 Å². The van der Waals surface area contributed by atoms with Crippen molar-refractivity contribution in [2.45, 2.75) is 38.3 Å². The lowest BCUT2D eigenvalue weighted by atomic mass is 9.66. The summed E-state index contributed by atoms with van der Waals surface area (Å²) >= 11 is 11.9. The third kappa shape index (κ3) is 5.93. The normalized spacial score (nSPS) is 21.1. The number of likely N-dealkylation sites (tertiary alicyclic amines) is 1. The number of hydrogen-bond acceptors (Lipinski definition) is 5. The number of carbonyl (C=O) groups excluding carboxylic acids is 2. The molecule has 6 nitrogen and oxygen atoms in total. The highest BCUT2D eigenvalue weighted by molar-refractivity contribution is 6.30. The van der Waals surface area contributed by atoms with Crippen LogP contribution in [0.1, 0.15) is 42.6 Å². The number of nitrogens with one attached hydrogen (secondary N) is 1. The summed E-state index contributed by atoms with van der Waals surface area (Å²) < 4.78 is 0. The average Bonchev–Trinajstić information content (AvgIpc) is 2.76. The molecule has 0 bridgehead atoms. The number of nitriles is 1. The smallest absolute Gasteiger partial charge is 0.251 e. The minimum atomic E-state index is -1.04. The summed E-state index contributed by atoms with van der Waals surface area (Å²) in [7, 11) is 0. The molecule has 1 heterocycles. The van der Waals surface area contributed by atoms with Crippen molar-refractivity contribution in [1.82, 2.24) is 10.2 Å². The first kappa shape index (κ1) is 25.2. The zero-order valence-corrected chi connectivity index (χ0v) is 20.2. The SMILES string of the molecule is CC1(C)CN(CC(CC(=O)C#N)NC(=O)c2ccc(Cl)cc2)CCC1(O)c1ccc(Cl)cc1. The van der Waals surface area contributed by atoms with Gasteiger partial charge in [0.05, 0.1) is 5.60 Å². The van der Waals surface area contributed by atoms with Crippen LogP contribution in [0.4, 0.5) is 0 Å². The monoisotopic (exact) mass is 487 g/mol. The molecule has 2 N–H and O–H groups in total. The maximum Gasteiger partial charge on any atom is 0.251 e. The van der Waals surface area contributed by atoms with E-state index in [0.717, 1.165) is 5.56 Å². The number of ketones is 1. The van der Waals surface area contributed by atoms with Crippen LogP contribution >= 0.6 is 23.2 Å². The molecule has 2 unspecified atom stereocenters. The van der Waals surface area contributed by atoms with Gasteiger partial charge in [-0.25, -0.2) is 0 Å². The van der Waals surface area contributed by atoms with Gasteiger partial charge in [-0.05, 0) is 48.4 Å². The molecule has 1 fully saturated rings. The number of Topliss-reactive ketones (excluding diaryl/α,β-unsaturated/α-hetero) is 1. The Morgan fingerprint density at radius 2 is 1.70 bits per heavy atom. The molecule has 0 aliphatic carbocycles. The number of carbonyl (C=O) groups is 2. The largest absolute Gasteiger partial charge is 0.385 e. The van der Waals surface area contributed by atoms with Gasteiger partial charge in [-0.15, -0.1) is 0 Å². The first-order valence-corrected chi connectivity index (χ1v) is 11.5. The highest BCUT2D eigenvalue weighted by atomic mass is 35.5. The minimum absolute atomic E-state index is 0.0891. The summed E-state index contributed by atoms with van der Waals surface area (Å²) in [6.07, 6.45) is 0.389. The second-order valence-corrected chi connectivity index (χ2v) is 10.0. The van der Waals surface area contributed by atoms with E-state index in [4.69, 9.17) is 28.5 Å². The van der Waals surface area contributed by atoms with E-state index < -0.39 is 22.8 Å². The van der Waals surface area contributed by atoms with Gasteiger partial charge >= 0.3 is 0 Å². The van der Waals surface area contributed by atoms with Crippen LogP contribution in [0.25, 0.3) is 0 Å². The van der Waals surface area contributed by atoms with E-state index in [1.165, 1.54) is 0 Å². The summed E-state index contributed by atoms with van der Waals surface area (Å²) in [6, 6.07) is 14.8. The number of aliphatic hydroxyl groups is 1. The molecule has 2 atom stereocenters. The highest BCUT2D eigenvalue weighted by Gasteiger charge is 2.48. The van der Waals surface area contributed by atoms with Crippen LogP contribution in [0.5, 0.6) is 0 Å². The highest BCUT2D eigenvalue weighted by Crippen LogP contribution is 2.46. The Bertz CT molecular complexity index is 1050. The van der Waals surface area contributed by atoms with E-state index >= 15 is 0 Å². The van der Waals surface area contributed by atoms with Gasteiger partial charge in [-0.1, -0.05) is 49.2 Å². The summed E-state index contributed by atoms with van der Waals surface area (Å²) in [4.78, 5) is 26.7. The Balaban J connectivity index is 1.73. The van der Waals surface area contributed by atoms with Crippen LogP contribution in [0.15, 0.2) is 48.5 Å². The Morgan fingerprint density at radius 1 is 1.12 bits per heavy atom. The van der Waals surface area contributed by atoms with E-state index in [9.17, 15) is 14.7 Å². The Hall–Kier alpha value is -2.43. The lowest BCUT2D eigenvalue weighted by Gasteiger charge is -2.51. The molecular weight excluding hydrogens is 461 g/mol. The second kappa shape index (κ2) is 10.2. The maximum atomic E-state index is 12.7.